The molecule has 1 N–H and O–H groups in total. The van der Waals surface area contributed by atoms with E-state index >= 15 is 0 Å². The van der Waals surface area contributed by atoms with Gasteiger partial charge in [-0.1, -0.05) is 23.5 Å². The minimum absolute atomic E-state index is 0.278. The van der Waals surface area contributed by atoms with Crippen molar-refractivity contribution in [3.8, 4) is 5.69 Å². The number of aryl methyl sites for hydroxylation is 1. The van der Waals surface area contributed by atoms with Gasteiger partial charge in [-0.15, -0.1) is 10.2 Å². The molecule has 0 radical (unpaired) electrons. The van der Waals surface area contributed by atoms with Crippen LogP contribution in [0.4, 0.5) is 13.9 Å². The number of alkyl halides is 2. The quantitative estimate of drug-likeness (QED) is 0.782. The van der Waals surface area contributed by atoms with Gasteiger partial charge < -0.3 is 5.32 Å². The zero-order valence-electron chi connectivity index (χ0n) is 11.6. The van der Waals surface area contributed by atoms with Gasteiger partial charge in [-0.2, -0.15) is 5.10 Å². The van der Waals surface area contributed by atoms with Gasteiger partial charge in [0.1, 0.15) is 12.7 Å². The first-order chi connectivity index (χ1) is 10.6. The first-order valence-corrected chi connectivity index (χ1v) is 7.25. The van der Waals surface area contributed by atoms with E-state index in [-0.39, 0.29) is 5.01 Å². The fraction of sp³-hybridized carbons (Fsp3) is 0.231. The molecule has 3 rings (SSSR count). The Bertz CT molecular complexity index is 756. The Morgan fingerprint density at radius 1 is 1.32 bits per heavy atom. The van der Waals surface area contributed by atoms with E-state index < -0.39 is 6.43 Å². The molecule has 3 aromatic rings. The summed E-state index contributed by atoms with van der Waals surface area (Å²) in [5.74, 6) is 0. The monoisotopic (exact) mass is 322 g/mol. The van der Waals surface area contributed by atoms with Gasteiger partial charge in [-0.05, 0) is 24.1 Å². The lowest BCUT2D eigenvalue weighted by molar-refractivity contribution is 0.150. The second-order valence-electron chi connectivity index (χ2n) is 4.56. The molecule has 9 heteroatoms. The number of benzene rings is 1. The van der Waals surface area contributed by atoms with E-state index in [1.807, 2.05) is 25.1 Å². The maximum Gasteiger partial charge on any atom is 0.291 e. The molecule has 2 aromatic heterocycles. The molecule has 6 nitrogen and oxygen atoms in total. The van der Waals surface area contributed by atoms with Crippen LogP contribution >= 0.6 is 11.3 Å². The number of nitrogens with zero attached hydrogens (tertiary/aromatic N) is 5. The molecular formula is C13H12F2N6S. The lowest BCUT2D eigenvalue weighted by Crippen LogP contribution is -2.02. The Morgan fingerprint density at radius 2 is 2.18 bits per heavy atom. The summed E-state index contributed by atoms with van der Waals surface area (Å²) in [6.45, 7) is 2.46. The van der Waals surface area contributed by atoms with Gasteiger partial charge in [0.25, 0.3) is 6.43 Å². The second-order valence-corrected chi connectivity index (χ2v) is 5.57. The van der Waals surface area contributed by atoms with E-state index in [4.69, 9.17) is 0 Å². The lowest BCUT2D eigenvalue weighted by Gasteiger charge is -2.08. The SMILES string of the molecule is Cc1cc(CNc2nnc(C(F)F)s2)ccc1-n1cncn1. The molecule has 0 bridgehead atoms. The van der Waals surface area contributed by atoms with Crippen molar-refractivity contribution in [1.82, 2.24) is 25.0 Å². The second kappa shape index (κ2) is 6.14. The maximum absolute atomic E-state index is 12.4. The third-order valence-electron chi connectivity index (χ3n) is 3.00. The first kappa shape index (κ1) is 14.5. The van der Waals surface area contributed by atoms with Crippen LogP contribution in [0.15, 0.2) is 30.9 Å². The third kappa shape index (κ3) is 3.08. The molecule has 0 aliphatic carbocycles. The highest BCUT2D eigenvalue weighted by Gasteiger charge is 2.13. The van der Waals surface area contributed by atoms with Crippen LogP contribution in [0.3, 0.4) is 0 Å². The molecule has 0 amide bonds. The number of aromatic nitrogens is 5. The minimum Gasteiger partial charge on any atom is -0.356 e. The number of rotatable bonds is 5. The van der Waals surface area contributed by atoms with Gasteiger partial charge in [-0.3, -0.25) is 0 Å². The van der Waals surface area contributed by atoms with Crippen molar-refractivity contribution < 1.29 is 8.78 Å². The highest BCUT2D eigenvalue weighted by molar-refractivity contribution is 7.15. The zero-order chi connectivity index (χ0) is 15.5. The molecule has 114 valence electrons. The van der Waals surface area contributed by atoms with Crippen LogP contribution in [0, 0.1) is 6.92 Å². The van der Waals surface area contributed by atoms with Crippen LogP contribution in [-0.2, 0) is 6.54 Å². The van der Waals surface area contributed by atoms with Crippen molar-refractivity contribution in [2.45, 2.75) is 19.9 Å². The molecule has 0 saturated heterocycles. The molecule has 1 aromatic carbocycles. The highest BCUT2D eigenvalue weighted by Crippen LogP contribution is 2.25. The smallest absolute Gasteiger partial charge is 0.291 e. The Labute approximate surface area is 128 Å². The molecule has 0 atom stereocenters. The fourth-order valence-electron chi connectivity index (χ4n) is 1.99. The summed E-state index contributed by atoms with van der Waals surface area (Å²) in [7, 11) is 0. The molecule has 0 aliphatic heterocycles. The molecule has 0 saturated carbocycles. The fourth-order valence-corrected chi connectivity index (χ4v) is 2.58. The molecule has 0 spiro atoms. The average molecular weight is 322 g/mol. The van der Waals surface area contributed by atoms with Gasteiger partial charge in [0.15, 0.2) is 5.01 Å². The summed E-state index contributed by atoms with van der Waals surface area (Å²) in [6.07, 6.45) is 0.524. The largest absolute Gasteiger partial charge is 0.356 e. The van der Waals surface area contributed by atoms with E-state index in [1.165, 1.54) is 6.33 Å². The lowest BCUT2D eigenvalue weighted by atomic mass is 10.1. The van der Waals surface area contributed by atoms with Crippen molar-refractivity contribution in [2.75, 3.05) is 5.32 Å². The summed E-state index contributed by atoms with van der Waals surface area (Å²) in [4.78, 5) is 3.92. The summed E-state index contributed by atoms with van der Waals surface area (Å²) < 4.78 is 26.6. The van der Waals surface area contributed by atoms with Crippen molar-refractivity contribution in [3.63, 3.8) is 0 Å². The molecular weight excluding hydrogens is 310 g/mol. The van der Waals surface area contributed by atoms with E-state index in [2.05, 4.69) is 25.6 Å². The highest BCUT2D eigenvalue weighted by atomic mass is 32.1. The molecule has 0 fully saturated rings. The Balaban J connectivity index is 1.69. The zero-order valence-corrected chi connectivity index (χ0v) is 12.4. The van der Waals surface area contributed by atoms with Crippen LogP contribution in [0.5, 0.6) is 0 Å². The number of hydrogen-bond acceptors (Lipinski definition) is 6. The van der Waals surface area contributed by atoms with Crippen LogP contribution in [0.1, 0.15) is 22.6 Å². The Morgan fingerprint density at radius 3 is 2.82 bits per heavy atom. The third-order valence-corrected chi connectivity index (χ3v) is 3.89. The Hall–Kier alpha value is -2.42. The first-order valence-electron chi connectivity index (χ1n) is 6.43. The normalized spacial score (nSPS) is 11.1. The maximum atomic E-state index is 12.4. The molecule has 2 heterocycles. The van der Waals surface area contributed by atoms with Gasteiger partial charge >= 0.3 is 0 Å². The summed E-state index contributed by atoms with van der Waals surface area (Å²) in [6, 6.07) is 5.87. The standard InChI is InChI=1S/C13H12F2N6S/c1-8-4-9(2-3-10(8)21-7-16-6-18-21)5-17-13-20-19-12(22-13)11(14)15/h2-4,6-7,11H,5H2,1H3,(H,17,20). The van der Waals surface area contributed by atoms with Crippen LogP contribution in [0.25, 0.3) is 5.69 Å². The number of hydrogen-bond donors (Lipinski definition) is 1. The number of halogens is 2. The van der Waals surface area contributed by atoms with Gasteiger partial charge in [0.05, 0.1) is 5.69 Å². The summed E-state index contributed by atoms with van der Waals surface area (Å²) >= 11 is 0.860. The van der Waals surface area contributed by atoms with Crippen molar-refractivity contribution in [3.05, 3.63) is 47.0 Å². The Kier molecular flexibility index (Phi) is 4.05. The van der Waals surface area contributed by atoms with Crippen LogP contribution in [0.2, 0.25) is 0 Å². The molecule has 22 heavy (non-hydrogen) atoms. The predicted octanol–water partition coefficient (Wildman–Crippen LogP) is 2.98. The summed E-state index contributed by atoms with van der Waals surface area (Å²) in [5.41, 5.74) is 2.99. The van der Waals surface area contributed by atoms with Gasteiger partial charge in [0, 0.05) is 6.54 Å². The van der Waals surface area contributed by atoms with Crippen molar-refractivity contribution >= 4 is 16.5 Å². The van der Waals surface area contributed by atoms with Crippen LogP contribution < -0.4 is 5.32 Å². The van der Waals surface area contributed by atoms with E-state index in [0.717, 1.165) is 28.2 Å². The van der Waals surface area contributed by atoms with Gasteiger partial charge in [-0.25, -0.2) is 18.4 Å². The topological polar surface area (TPSA) is 68.5 Å². The van der Waals surface area contributed by atoms with Crippen molar-refractivity contribution in [2.24, 2.45) is 0 Å². The molecule has 0 aliphatic rings. The predicted molar refractivity (Wildman–Crippen MR) is 78.3 cm³/mol. The molecule has 0 unspecified atom stereocenters. The van der Waals surface area contributed by atoms with E-state index in [9.17, 15) is 8.78 Å². The van der Waals surface area contributed by atoms with Crippen molar-refractivity contribution in [1.29, 1.82) is 0 Å². The van der Waals surface area contributed by atoms with Crippen LogP contribution in [-0.4, -0.2) is 25.0 Å². The summed E-state index contributed by atoms with van der Waals surface area (Å²) in [5, 5.41) is 14.3. The minimum atomic E-state index is -2.59. The van der Waals surface area contributed by atoms with E-state index in [1.54, 1.807) is 11.0 Å². The number of anilines is 1. The van der Waals surface area contributed by atoms with E-state index in [0.29, 0.717) is 11.7 Å². The average Bonchev–Trinajstić information content (AvgIpc) is 3.17. The van der Waals surface area contributed by atoms with Gasteiger partial charge in [0.2, 0.25) is 5.13 Å². The number of nitrogens with one attached hydrogen (secondary N) is 1.